The Hall–Kier alpha value is -3.63. The Labute approximate surface area is 202 Å². The van der Waals surface area contributed by atoms with Crippen molar-refractivity contribution in [3.05, 3.63) is 71.9 Å². The molecule has 6 nitrogen and oxygen atoms in total. The van der Waals surface area contributed by atoms with Gasteiger partial charge in [-0.05, 0) is 30.9 Å². The molecule has 1 spiro atoms. The van der Waals surface area contributed by atoms with Crippen LogP contribution in [-0.2, 0) is 6.18 Å². The number of aromatic nitrogens is 3. The lowest BCUT2D eigenvalue weighted by molar-refractivity contribution is -0.137. The maximum Gasteiger partial charge on any atom is 0.417 e. The molecule has 1 aromatic carbocycles. The van der Waals surface area contributed by atoms with Crippen LogP contribution in [0.4, 0.5) is 22.0 Å². The average molecular weight is 502 g/mol. The number of benzene rings is 1. The van der Waals surface area contributed by atoms with Crippen molar-refractivity contribution >= 4 is 5.91 Å². The van der Waals surface area contributed by atoms with Crippen molar-refractivity contribution in [2.24, 2.45) is 11.3 Å². The Morgan fingerprint density at radius 3 is 2.47 bits per heavy atom. The van der Waals surface area contributed by atoms with Crippen LogP contribution in [0.1, 0.15) is 28.8 Å². The van der Waals surface area contributed by atoms with Crippen LogP contribution < -0.4 is 4.74 Å². The number of pyridine rings is 1. The van der Waals surface area contributed by atoms with E-state index in [0.29, 0.717) is 18.2 Å². The maximum absolute atomic E-state index is 14.2. The number of hydrogen-bond acceptors (Lipinski definition) is 5. The fourth-order valence-electron chi connectivity index (χ4n) is 5.91. The van der Waals surface area contributed by atoms with Crippen molar-refractivity contribution in [3.8, 4) is 17.3 Å². The molecule has 36 heavy (non-hydrogen) atoms. The van der Waals surface area contributed by atoms with Gasteiger partial charge in [-0.1, -0.05) is 18.2 Å². The van der Waals surface area contributed by atoms with Crippen LogP contribution in [0.5, 0.6) is 5.88 Å². The molecule has 3 fully saturated rings. The van der Waals surface area contributed by atoms with E-state index in [-0.39, 0.29) is 28.6 Å². The summed E-state index contributed by atoms with van der Waals surface area (Å²) in [4.78, 5) is 27.1. The van der Waals surface area contributed by atoms with Crippen LogP contribution in [-0.4, -0.2) is 50.6 Å². The molecule has 11 heteroatoms. The number of rotatable bonds is 5. The molecule has 0 N–H and O–H groups in total. The lowest BCUT2D eigenvalue weighted by Gasteiger charge is -2.47. The molecule has 0 radical (unpaired) electrons. The third-order valence-corrected chi connectivity index (χ3v) is 7.57. The van der Waals surface area contributed by atoms with Gasteiger partial charge < -0.3 is 9.64 Å². The van der Waals surface area contributed by atoms with E-state index in [1.807, 2.05) is 0 Å². The van der Waals surface area contributed by atoms with Crippen molar-refractivity contribution in [1.82, 2.24) is 19.9 Å². The largest absolute Gasteiger partial charge is 0.472 e. The van der Waals surface area contributed by atoms with Gasteiger partial charge in [0.2, 0.25) is 5.88 Å². The smallest absolute Gasteiger partial charge is 0.417 e. The summed E-state index contributed by atoms with van der Waals surface area (Å²) in [6.45, 7) is -0.727. The van der Waals surface area contributed by atoms with Gasteiger partial charge in [0, 0.05) is 23.2 Å². The predicted molar refractivity (Wildman–Crippen MR) is 116 cm³/mol. The molecule has 3 heterocycles. The van der Waals surface area contributed by atoms with Gasteiger partial charge in [-0.25, -0.2) is 23.7 Å². The molecule has 5 atom stereocenters. The minimum atomic E-state index is -4.52. The first-order chi connectivity index (χ1) is 17.2. The summed E-state index contributed by atoms with van der Waals surface area (Å²) in [5, 5.41) is 0. The van der Waals surface area contributed by atoms with Crippen LogP contribution in [0.15, 0.2) is 55.0 Å². The Morgan fingerprint density at radius 2 is 1.81 bits per heavy atom. The standard InChI is InChI=1S/C25H19F5N4O2/c26-9-18-17-7-24(17)8-19(36-20-6-5-13(10-31-20)25(28,29)30)21(24)34(18)23(35)16-4-2-1-3-15(16)22-32-11-14(27)12-33-22/h1-6,10-12,17-19,21H,7-9H2. The lowest BCUT2D eigenvalue weighted by atomic mass is 9.73. The zero-order chi connectivity index (χ0) is 25.2. The van der Waals surface area contributed by atoms with E-state index < -0.39 is 48.3 Å². The van der Waals surface area contributed by atoms with Crippen molar-refractivity contribution in [3.63, 3.8) is 0 Å². The van der Waals surface area contributed by atoms with E-state index in [1.54, 1.807) is 24.3 Å². The summed E-state index contributed by atoms with van der Waals surface area (Å²) in [5.74, 6) is -0.881. The second-order valence-electron chi connectivity index (χ2n) is 9.44. The fraction of sp³-hybridized carbons (Fsp3) is 0.360. The van der Waals surface area contributed by atoms with Crippen molar-refractivity contribution in [2.75, 3.05) is 6.67 Å². The van der Waals surface area contributed by atoms with Gasteiger partial charge in [0.15, 0.2) is 11.6 Å². The molecule has 186 valence electrons. The molecule has 1 saturated heterocycles. The van der Waals surface area contributed by atoms with Gasteiger partial charge in [-0.15, -0.1) is 0 Å². The Balaban J connectivity index is 1.29. The van der Waals surface area contributed by atoms with E-state index in [1.165, 1.54) is 4.90 Å². The monoisotopic (exact) mass is 502 g/mol. The minimum Gasteiger partial charge on any atom is -0.472 e. The number of hydrogen-bond donors (Lipinski definition) is 0. The summed E-state index contributed by atoms with van der Waals surface area (Å²) in [6.07, 6.45) is -1.02. The second-order valence-corrected chi connectivity index (χ2v) is 9.44. The molecular formula is C25H19F5N4O2. The third kappa shape index (κ3) is 3.43. The molecule has 6 rings (SSSR count). The third-order valence-electron chi connectivity index (χ3n) is 7.57. The summed E-state index contributed by atoms with van der Waals surface area (Å²) in [5.41, 5.74) is -0.519. The molecule has 2 saturated carbocycles. The van der Waals surface area contributed by atoms with Gasteiger partial charge >= 0.3 is 6.18 Å². The van der Waals surface area contributed by atoms with Gasteiger partial charge in [0.25, 0.3) is 5.91 Å². The first kappa shape index (κ1) is 22.8. The highest BCUT2D eigenvalue weighted by Gasteiger charge is 2.79. The summed E-state index contributed by atoms with van der Waals surface area (Å²) in [6, 6.07) is 7.53. The fourth-order valence-corrected chi connectivity index (χ4v) is 5.91. The summed E-state index contributed by atoms with van der Waals surface area (Å²) in [7, 11) is 0. The number of amides is 1. The molecular weight excluding hydrogens is 483 g/mol. The molecule has 2 aliphatic carbocycles. The SMILES string of the molecule is O=C(c1ccccc1-c1ncc(F)cn1)N1C(CF)C2CC23CC(Oc2ccc(C(F)(F)F)cn2)C13. The molecule has 3 aliphatic rings. The van der Waals surface area contributed by atoms with Gasteiger partial charge in [-0.2, -0.15) is 13.2 Å². The highest BCUT2D eigenvalue weighted by molar-refractivity contribution is 6.01. The van der Waals surface area contributed by atoms with E-state index in [2.05, 4.69) is 15.0 Å². The van der Waals surface area contributed by atoms with Crippen LogP contribution in [0, 0.1) is 17.2 Å². The number of nitrogens with zero attached hydrogens (tertiary/aromatic N) is 4. The number of likely N-dealkylation sites (tertiary alicyclic amines) is 1. The topological polar surface area (TPSA) is 68.2 Å². The summed E-state index contributed by atoms with van der Waals surface area (Å²) < 4.78 is 72.1. The Morgan fingerprint density at radius 1 is 1.06 bits per heavy atom. The molecule has 1 aliphatic heterocycles. The van der Waals surface area contributed by atoms with E-state index in [4.69, 9.17) is 4.74 Å². The number of alkyl halides is 4. The maximum atomic E-state index is 14.2. The number of piperidine rings is 1. The number of ether oxygens (including phenoxy) is 1. The summed E-state index contributed by atoms with van der Waals surface area (Å²) >= 11 is 0. The minimum absolute atomic E-state index is 0.00824. The molecule has 1 amide bonds. The van der Waals surface area contributed by atoms with Crippen molar-refractivity contribution in [2.45, 2.75) is 37.2 Å². The Kier molecular flexibility index (Phi) is 5.03. The zero-order valence-corrected chi connectivity index (χ0v) is 18.6. The molecule has 5 unspecified atom stereocenters. The molecule has 3 aromatic rings. The van der Waals surface area contributed by atoms with Gasteiger partial charge in [0.1, 0.15) is 12.8 Å². The number of carbonyl (C=O) groups excluding carboxylic acids is 1. The first-order valence-corrected chi connectivity index (χ1v) is 11.4. The zero-order valence-electron chi connectivity index (χ0n) is 18.6. The Bertz CT molecular complexity index is 1320. The van der Waals surface area contributed by atoms with Gasteiger partial charge in [-0.3, -0.25) is 4.79 Å². The second kappa shape index (κ2) is 7.94. The normalized spacial score (nSPS) is 28.2. The highest BCUT2D eigenvalue weighted by atomic mass is 19.4. The predicted octanol–water partition coefficient (Wildman–Crippen LogP) is 4.72. The first-order valence-electron chi connectivity index (χ1n) is 11.4. The highest BCUT2D eigenvalue weighted by Crippen LogP contribution is 2.74. The molecule has 0 bridgehead atoms. The lowest BCUT2D eigenvalue weighted by Crippen LogP contribution is -2.60. The van der Waals surface area contributed by atoms with Crippen molar-refractivity contribution in [1.29, 1.82) is 0 Å². The number of halogens is 5. The van der Waals surface area contributed by atoms with Crippen LogP contribution in [0.2, 0.25) is 0 Å². The van der Waals surface area contributed by atoms with E-state index >= 15 is 0 Å². The quantitative estimate of drug-likeness (QED) is 0.473. The van der Waals surface area contributed by atoms with Crippen LogP contribution in [0.3, 0.4) is 0 Å². The number of carbonyl (C=O) groups is 1. The van der Waals surface area contributed by atoms with Crippen LogP contribution in [0.25, 0.3) is 11.4 Å². The molecule has 2 aromatic heterocycles. The van der Waals surface area contributed by atoms with Gasteiger partial charge in [0.05, 0.1) is 35.6 Å². The van der Waals surface area contributed by atoms with Crippen LogP contribution >= 0.6 is 0 Å². The van der Waals surface area contributed by atoms with Crippen molar-refractivity contribution < 1.29 is 31.5 Å². The van der Waals surface area contributed by atoms with E-state index in [9.17, 15) is 26.7 Å². The average Bonchev–Trinajstić information content (AvgIpc) is 3.55. The van der Waals surface area contributed by atoms with E-state index in [0.717, 1.165) is 30.9 Å².